The molecule has 176 valence electrons. The lowest BCUT2D eigenvalue weighted by Gasteiger charge is -2.10. The Balaban J connectivity index is 1.23. The topological polar surface area (TPSA) is 132 Å². The van der Waals surface area contributed by atoms with E-state index in [-0.39, 0.29) is 18.1 Å². The molecule has 4 N–H and O–H groups in total. The van der Waals surface area contributed by atoms with Crippen molar-refractivity contribution in [1.29, 1.82) is 0 Å². The van der Waals surface area contributed by atoms with E-state index in [1.54, 1.807) is 0 Å². The minimum Gasteiger partial charge on any atom is -0.393 e. The van der Waals surface area contributed by atoms with Crippen molar-refractivity contribution >= 4 is 44.3 Å². The average Bonchev–Trinajstić information content (AvgIpc) is 3.59. The number of para-hydroxylation sites is 1. The van der Waals surface area contributed by atoms with Crippen LogP contribution in [-0.4, -0.2) is 41.9 Å². The first-order valence-corrected chi connectivity index (χ1v) is 12.3. The number of nitrogens with two attached hydrogens (primary N) is 1. The Labute approximate surface area is 204 Å². The lowest BCUT2D eigenvalue weighted by atomic mass is 10.1. The summed E-state index contributed by atoms with van der Waals surface area (Å²) in [4.78, 5) is 25.6. The molecule has 1 aliphatic rings. The number of carbonyl (C=O) groups excluding carboxylic acids is 1. The van der Waals surface area contributed by atoms with E-state index in [0.717, 1.165) is 34.2 Å². The van der Waals surface area contributed by atoms with Gasteiger partial charge in [-0.1, -0.05) is 36.4 Å². The van der Waals surface area contributed by atoms with E-state index in [9.17, 15) is 9.90 Å². The fraction of sp³-hybridized carbons (Fsp3) is 0.240. The number of hydrogen-bond donors (Lipinski definition) is 3. The highest BCUT2D eigenvalue weighted by molar-refractivity contribution is 7.20. The van der Waals surface area contributed by atoms with Crippen LogP contribution in [0.15, 0.2) is 54.9 Å². The quantitative estimate of drug-likeness (QED) is 0.346. The Hall–Kier alpha value is -3.89. The molecule has 5 aromatic rings. The van der Waals surface area contributed by atoms with Gasteiger partial charge in [0.2, 0.25) is 0 Å². The summed E-state index contributed by atoms with van der Waals surface area (Å²) in [5.41, 5.74) is 10.3. The monoisotopic (exact) mass is 485 g/mol. The number of carbonyl (C=O) groups is 1. The first kappa shape index (κ1) is 21.6. The van der Waals surface area contributed by atoms with Crippen LogP contribution in [0.3, 0.4) is 0 Å². The number of aromatic nitrogens is 5. The van der Waals surface area contributed by atoms with E-state index >= 15 is 0 Å². The molecule has 10 heteroatoms. The number of nitrogen functional groups attached to an aromatic ring is 1. The Morgan fingerprint density at radius 3 is 2.74 bits per heavy atom. The summed E-state index contributed by atoms with van der Waals surface area (Å²) in [6, 6.07) is 15.6. The number of rotatable bonds is 5. The van der Waals surface area contributed by atoms with Crippen molar-refractivity contribution in [2.45, 2.75) is 38.0 Å². The van der Waals surface area contributed by atoms with Gasteiger partial charge in [-0.2, -0.15) is 5.10 Å². The number of anilines is 1. The van der Waals surface area contributed by atoms with Crippen molar-refractivity contribution in [3.8, 4) is 11.3 Å². The van der Waals surface area contributed by atoms with E-state index in [4.69, 9.17) is 10.8 Å². The number of amides is 1. The van der Waals surface area contributed by atoms with Crippen LogP contribution in [0.1, 0.15) is 40.7 Å². The summed E-state index contributed by atoms with van der Waals surface area (Å²) < 4.78 is 2.87. The zero-order valence-corrected chi connectivity index (χ0v) is 19.6. The molecule has 9 nitrogen and oxygen atoms in total. The number of fused-ring (bicyclic) bond motifs is 2. The number of aliphatic hydroxyl groups is 1. The third kappa shape index (κ3) is 4.00. The summed E-state index contributed by atoms with van der Waals surface area (Å²) in [6.45, 7) is 0.384. The van der Waals surface area contributed by atoms with Crippen LogP contribution in [0.25, 0.3) is 32.5 Å². The van der Waals surface area contributed by atoms with E-state index in [1.807, 2.05) is 53.2 Å². The SMILES string of the molecule is Nc1ncnc2c1c(-c1ccc(CNC(=O)c3nc4ccccc4s3)cc1)nn2C1CCC(O)C1. The molecule has 0 bridgehead atoms. The summed E-state index contributed by atoms with van der Waals surface area (Å²) in [5.74, 6) is 0.186. The van der Waals surface area contributed by atoms with Crippen molar-refractivity contribution in [3.05, 3.63) is 65.4 Å². The van der Waals surface area contributed by atoms with Crippen molar-refractivity contribution in [2.24, 2.45) is 0 Å². The molecule has 6 rings (SSSR count). The minimum atomic E-state index is -0.320. The van der Waals surface area contributed by atoms with Gasteiger partial charge in [0.05, 0.1) is 27.7 Å². The number of hydrogen-bond acceptors (Lipinski definition) is 8. The van der Waals surface area contributed by atoms with Gasteiger partial charge in [0, 0.05) is 12.1 Å². The van der Waals surface area contributed by atoms with Crippen LogP contribution in [0, 0.1) is 0 Å². The van der Waals surface area contributed by atoms with Gasteiger partial charge in [0.25, 0.3) is 5.91 Å². The minimum absolute atomic E-state index is 0.0764. The zero-order valence-electron chi connectivity index (χ0n) is 18.8. The molecule has 0 saturated heterocycles. The third-order valence-electron chi connectivity index (χ3n) is 6.41. The third-order valence-corrected chi connectivity index (χ3v) is 7.45. The second kappa shape index (κ2) is 8.71. The lowest BCUT2D eigenvalue weighted by molar-refractivity contribution is 0.0950. The molecule has 35 heavy (non-hydrogen) atoms. The van der Waals surface area contributed by atoms with Gasteiger partial charge in [-0.15, -0.1) is 11.3 Å². The molecule has 3 heterocycles. The molecule has 1 fully saturated rings. The molecule has 1 saturated carbocycles. The Morgan fingerprint density at radius 2 is 1.97 bits per heavy atom. The molecular weight excluding hydrogens is 462 g/mol. The highest BCUT2D eigenvalue weighted by Gasteiger charge is 2.28. The lowest BCUT2D eigenvalue weighted by Crippen LogP contribution is -2.22. The van der Waals surface area contributed by atoms with Crippen molar-refractivity contribution in [1.82, 2.24) is 30.0 Å². The first-order valence-electron chi connectivity index (χ1n) is 11.5. The van der Waals surface area contributed by atoms with Crippen LogP contribution in [0.4, 0.5) is 5.82 Å². The molecule has 0 aliphatic heterocycles. The maximum Gasteiger partial charge on any atom is 0.280 e. The van der Waals surface area contributed by atoms with Crippen molar-refractivity contribution in [2.75, 3.05) is 5.73 Å². The second-order valence-electron chi connectivity index (χ2n) is 8.74. The van der Waals surface area contributed by atoms with Crippen LogP contribution < -0.4 is 11.1 Å². The molecule has 0 spiro atoms. The predicted molar refractivity (Wildman–Crippen MR) is 135 cm³/mol. The normalized spacial score (nSPS) is 17.9. The standard InChI is InChI=1S/C25H23N7O2S/c26-22-20-21(31-32(23(20)29-13-28-22)16-9-10-17(33)11-16)15-7-5-14(6-8-15)12-27-24(34)25-30-18-3-1-2-4-19(18)35-25/h1-8,13,16-17,33H,9-12H2,(H,27,34)(H2,26,28,29). The fourth-order valence-corrected chi connectivity index (χ4v) is 5.50. The molecule has 1 amide bonds. The van der Waals surface area contributed by atoms with Gasteiger partial charge in [0.15, 0.2) is 10.7 Å². The Bertz CT molecular complexity index is 1510. The molecule has 2 unspecified atom stereocenters. The zero-order chi connectivity index (χ0) is 23.9. The van der Waals surface area contributed by atoms with Crippen molar-refractivity contribution in [3.63, 3.8) is 0 Å². The van der Waals surface area contributed by atoms with E-state index in [0.29, 0.717) is 40.5 Å². The molecule has 3 aromatic heterocycles. The fourth-order valence-electron chi connectivity index (χ4n) is 4.62. The van der Waals surface area contributed by atoms with E-state index in [2.05, 4.69) is 20.3 Å². The van der Waals surface area contributed by atoms with E-state index < -0.39 is 0 Å². The molecule has 2 atom stereocenters. The first-order chi connectivity index (χ1) is 17.1. The smallest absolute Gasteiger partial charge is 0.280 e. The summed E-state index contributed by atoms with van der Waals surface area (Å²) >= 11 is 1.38. The Morgan fingerprint density at radius 1 is 1.14 bits per heavy atom. The number of aliphatic hydroxyl groups excluding tert-OH is 1. The van der Waals surface area contributed by atoms with E-state index in [1.165, 1.54) is 17.7 Å². The molecule has 2 aromatic carbocycles. The van der Waals surface area contributed by atoms with Gasteiger partial charge < -0.3 is 16.2 Å². The van der Waals surface area contributed by atoms with Crippen LogP contribution in [0.5, 0.6) is 0 Å². The highest BCUT2D eigenvalue weighted by atomic mass is 32.1. The van der Waals surface area contributed by atoms with Gasteiger partial charge in [-0.05, 0) is 37.0 Å². The van der Waals surface area contributed by atoms with Gasteiger partial charge in [-0.25, -0.2) is 19.6 Å². The molecule has 1 aliphatic carbocycles. The van der Waals surface area contributed by atoms with Gasteiger partial charge in [-0.3, -0.25) is 4.79 Å². The largest absolute Gasteiger partial charge is 0.393 e. The predicted octanol–water partition coefficient (Wildman–Crippen LogP) is 3.70. The van der Waals surface area contributed by atoms with Crippen molar-refractivity contribution < 1.29 is 9.90 Å². The number of nitrogens with one attached hydrogen (secondary N) is 1. The molecular formula is C25H23N7O2S. The maximum absolute atomic E-state index is 12.6. The van der Waals surface area contributed by atoms with Crippen LogP contribution >= 0.6 is 11.3 Å². The highest BCUT2D eigenvalue weighted by Crippen LogP contribution is 2.36. The number of thiazole rings is 1. The average molecular weight is 486 g/mol. The number of nitrogens with zero attached hydrogens (tertiary/aromatic N) is 5. The summed E-state index contributed by atoms with van der Waals surface area (Å²) in [7, 11) is 0. The Kier molecular flexibility index (Phi) is 5.39. The summed E-state index contributed by atoms with van der Waals surface area (Å²) in [5, 5.41) is 19.0. The van der Waals surface area contributed by atoms with Gasteiger partial charge in [0.1, 0.15) is 17.8 Å². The van der Waals surface area contributed by atoms with Crippen LogP contribution in [0.2, 0.25) is 0 Å². The summed E-state index contributed by atoms with van der Waals surface area (Å²) in [6.07, 6.45) is 3.36. The molecule has 0 radical (unpaired) electrons. The maximum atomic E-state index is 12.6. The number of benzene rings is 2. The van der Waals surface area contributed by atoms with Gasteiger partial charge >= 0.3 is 0 Å². The van der Waals surface area contributed by atoms with Crippen LogP contribution in [-0.2, 0) is 6.54 Å². The second-order valence-corrected chi connectivity index (χ2v) is 9.77.